The van der Waals surface area contributed by atoms with Crippen molar-refractivity contribution in [3.8, 4) is 6.07 Å². The van der Waals surface area contributed by atoms with Crippen molar-refractivity contribution in [1.82, 2.24) is 5.32 Å². The van der Waals surface area contributed by atoms with Crippen molar-refractivity contribution < 1.29 is 4.39 Å². The van der Waals surface area contributed by atoms with Crippen LogP contribution in [0.4, 0.5) is 10.1 Å². The second kappa shape index (κ2) is 5.83. The minimum atomic E-state index is -0.225. The molecule has 1 N–H and O–H groups in total. The Kier molecular flexibility index (Phi) is 4.16. The molecule has 0 saturated carbocycles. The van der Waals surface area contributed by atoms with E-state index in [2.05, 4.69) is 23.2 Å². The maximum absolute atomic E-state index is 13.0. The van der Waals surface area contributed by atoms with Gasteiger partial charge in [0.25, 0.3) is 0 Å². The predicted molar refractivity (Wildman–Crippen MR) is 69.8 cm³/mol. The van der Waals surface area contributed by atoms with Crippen LogP contribution >= 0.6 is 0 Å². The number of nitrogens with one attached hydrogen (secondary N) is 1. The molecule has 2 unspecified atom stereocenters. The maximum Gasteiger partial charge on any atom is 0.123 e. The minimum Gasteiger partial charge on any atom is -0.366 e. The molecule has 2 atom stereocenters. The van der Waals surface area contributed by atoms with Crippen LogP contribution in [0.15, 0.2) is 24.3 Å². The normalized spacial score (nSPS) is 24.4. The van der Waals surface area contributed by atoms with E-state index in [-0.39, 0.29) is 11.9 Å². The summed E-state index contributed by atoms with van der Waals surface area (Å²) in [7, 11) is 0. The summed E-state index contributed by atoms with van der Waals surface area (Å²) in [5.41, 5.74) is 0.993. The molecule has 0 spiro atoms. The maximum atomic E-state index is 13.0. The van der Waals surface area contributed by atoms with Gasteiger partial charge in [-0.05, 0) is 37.6 Å². The lowest BCUT2D eigenvalue weighted by molar-refractivity contribution is 0.538. The van der Waals surface area contributed by atoms with Gasteiger partial charge in [0.1, 0.15) is 5.82 Å². The summed E-state index contributed by atoms with van der Waals surface area (Å²) in [5, 5.41) is 12.3. The zero-order valence-corrected chi connectivity index (χ0v) is 10.6. The fourth-order valence-electron chi connectivity index (χ4n) is 2.33. The van der Waals surface area contributed by atoms with Crippen LogP contribution in [0.2, 0.25) is 0 Å². The molecule has 1 aliphatic heterocycles. The quantitative estimate of drug-likeness (QED) is 0.871. The summed E-state index contributed by atoms with van der Waals surface area (Å²) in [6, 6.07) is 9.37. The number of nitrogens with zero attached hydrogens (tertiary/aromatic N) is 2. The Morgan fingerprint density at radius 1 is 1.44 bits per heavy atom. The van der Waals surface area contributed by atoms with E-state index in [1.54, 1.807) is 12.1 Å². The van der Waals surface area contributed by atoms with Gasteiger partial charge in [0.05, 0.1) is 18.5 Å². The van der Waals surface area contributed by atoms with Crippen molar-refractivity contribution in [2.75, 3.05) is 18.0 Å². The highest BCUT2D eigenvalue weighted by Gasteiger charge is 2.23. The van der Waals surface area contributed by atoms with Gasteiger partial charge in [0, 0.05) is 24.8 Å². The van der Waals surface area contributed by atoms with Gasteiger partial charge in [0.15, 0.2) is 0 Å². The van der Waals surface area contributed by atoms with Crippen LogP contribution in [0.25, 0.3) is 0 Å². The molecule has 1 heterocycles. The summed E-state index contributed by atoms with van der Waals surface area (Å²) >= 11 is 0. The van der Waals surface area contributed by atoms with Crippen molar-refractivity contribution in [2.24, 2.45) is 0 Å². The van der Waals surface area contributed by atoms with Gasteiger partial charge in [-0.2, -0.15) is 5.26 Å². The Morgan fingerprint density at radius 2 is 2.17 bits per heavy atom. The molecule has 1 fully saturated rings. The number of halogens is 1. The Labute approximate surface area is 107 Å². The Bertz CT molecular complexity index is 424. The molecular formula is C14H18FN3. The molecule has 96 valence electrons. The molecule has 1 aliphatic rings. The molecule has 4 heteroatoms. The smallest absolute Gasteiger partial charge is 0.123 e. The average molecular weight is 247 g/mol. The second-order valence-electron chi connectivity index (χ2n) is 4.78. The van der Waals surface area contributed by atoms with E-state index in [1.165, 1.54) is 12.1 Å². The third kappa shape index (κ3) is 2.99. The highest BCUT2D eigenvalue weighted by molar-refractivity contribution is 5.48. The van der Waals surface area contributed by atoms with E-state index in [9.17, 15) is 4.39 Å². The van der Waals surface area contributed by atoms with Gasteiger partial charge in [-0.1, -0.05) is 0 Å². The number of hydrogen-bond acceptors (Lipinski definition) is 3. The van der Waals surface area contributed by atoms with Crippen molar-refractivity contribution in [3.63, 3.8) is 0 Å². The van der Waals surface area contributed by atoms with E-state index < -0.39 is 0 Å². The lowest BCUT2D eigenvalue weighted by atomic mass is 10.1. The van der Waals surface area contributed by atoms with E-state index in [1.807, 2.05) is 0 Å². The van der Waals surface area contributed by atoms with E-state index in [0.29, 0.717) is 12.5 Å². The van der Waals surface area contributed by atoms with Gasteiger partial charge in [0.2, 0.25) is 0 Å². The first kappa shape index (κ1) is 12.8. The first-order valence-corrected chi connectivity index (χ1v) is 6.33. The average Bonchev–Trinajstić information content (AvgIpc) is 2.54. The van der Waals surface area contributed by atoms with Crippen LogP contribution in [-0.4, -0.2) is 25.2 Å². The molecule has 0 aromatic heterocycles. The molecule has 0 bridgehead atoms. The summed E-state index contributed by atoms with van der Waals surface area (Å²) in [6.45, 7) is 3.84. The molecule has 0 radical (unpaired) electrons. The molecule has 1 aromatic carbocycles. The van der Waals surface area contributed by atoms with E-state index in [0.717, 1.165) is 25.2 Å². The Morgan fingerprint density at radius 3 is 2.83 bits per heavy atom. The highest BCUT2D eigenvalue weighted by atomic mass is 19.1. The lowest BCUT2D eigenvalue weighted by Gasteiger charge is -2.30. The summed E-state index contributed by atoms with van der Waals surface area (Å²) in [6.07, 6.45) is 1.51. The molecule has 18 heavy (non-hydrogen) atoms. The van der Waals surface area contributed by atoms with Gasteiger partial charge in [-0.25, -0.2) is 4.39 Å². The number of rotatable bonds is 2. The molecular weight excluding hydrogens is 229 g/mol. The zero-order chi connectivity index (χ0) is 13.0. The topological polar surface area (TPSA) is 39.1 Å². The van der Waals surface area contributed by atoms with Crippen molar-refractivity contribution >= 4 is 5.69 Å². The molecule has 0 amide bonds. The standard InChI is InChI=1S/C14H18FN3/c1-11-7-9-18(14(6-8-16)10-17-11)13-4-2-12(15)3-5-13/h2-5,11,14,17H,6-7,9-10H2,1H3. The molecule has 1 aromatic rings. The first-order chi connectivity index (χ1) is 8.70. The molecule has 2 rings (SSSR count). The second-order valence-corrected chi connectivity index (χ2v) is 4.78. The first-order valence-electron chi connectivity index (χ1n) is 6.33. The third-order valence-corrected chi connectivity index (χ3v) is 3.43. The number of hydrogen-bond donors (Lipinski definition) is 1. The summed E-state index contributed by atoms with van der Waals surface area (Å²) < 4.78 is 13.0. The number of nitriles is 1. The minimum absolute atomic E-state index is 0.158. The fourth-order valence-corrected chi connectivity index (χ4v) is 2.33. The Balaban J connectivity index is 2.20. The van der Waals surface area contributed by atoms with Crippen LogP contribution < -0.4 is 10.2 Å². The SMILES string of the molecule is CC1CCN(c2ccc(F)cc2)C(CC#N)CN1. The molecule has 1 saturated heterocycles. The van der Waals surface area contributed by atoms with Gasteiger partial charge in [-0.15, -0.1) is 0 Å². The van der Waals surface area contributed by atoms with Crippen molar-refractivity contribution in [3.05, 3.63) is 30.1 Å². The van der Waals surface area contributed by atoms with Crippen molar-refractivity contribution in [1.29, 1.82) is 5.26 Å². The largest absolute Gasteiger partial charge is 0.366 e. The van der Waals surface area contributed by atoms with Crippen molar-refractivity contribution in [2.45, 2.75) is 31.8 Å². The zero-order valence-electron chi connectivity index (χ0n) is 10.6. The predicted octanol–water partition coefficient (Wildman–Crippen LogP) is 2.30. The molecule has 3 nitrogen and oxygen atoms in total. The third-order valence-electron chi connectivity index (χ3n) is 3.43. The van der Waals surface area contributed by atoms with Gasteiger partial charge >= 0.3 is 0 Å². The number of benzene rings is 1. The summed E-state index contributed by atoms with van der Waals surface area (Å²) in [5.74, 6) is -0.225. The van der Waals surface area contributed by atoms with Gasteiger partial charge in [-0.3, -0.25) is 0 Å². The molecule has 0 aliphatic carbocycles. The van der Waals surface area contributed by atoms with Crippen LogP contribution in [0.1, 0.15) is 19.8 Å². The summed E-state index contributed by atoms with van der Waals surface area (Å²) in [4.78, 5) is 2.21. The van der Waals surface area contributed by atoms with Crippen LogP contribution in [0, 0.1) is 17.1 Å². The van der Waals surface area contributed by atoms with Gasteiger partial charge < -0.3 is 10.2 Å². The monoisotopic (exact) mass is 247 g/mol. The van der Waals surface area contributed by atoms with Crippen LogP contribution in [-0.2, 0) is 0 Å². The highest BCUT2D eigenvalue weighted by Crippen LogP contribution is 2.21. The van der Waals surface area contributed by atoms with Crippen LogP contribution in [0.5, 0.6) is 0 Å². The van der Waals surface area contributed by atoms with E-state index >= 15 is 0 Å². The Hall–Kier alpha value is -1.60. The van der Waals surface area contributed by atoms with Crippen LogP contribution in [0.3, 0.4) is 0 Å². The van der Waals surface area contributed by atoms with E-state index in [4.69, 9.17) is 5.26 Å². The number of anilines is 1. The lowest BCUT2D eigenvalue weighted by Crippen LogP contribution is -2.40. The fraction of sp³-hybridized carbons (Fsp3) is 0.500.